The predicted molar refractivity (Wildman–Crippen MR) is 85.3 cm³/mol. The van der Waals surface area contributed by atoms with Crippen molar-refractivity contribution in [3.8, 4) is 0 Å². The van der Waals surface area contributed by atoms with Crippen molar-refractivity contribution < 1.29 is 13.5 Å². The van der Waals surface area contributed by atoms with E-state index in [9.17, 15) is 8.78 Å². The molecule has 5 heteroatoms. The van der Waals surface area contributed by atoms with E-state index in [1.807, 2.05) is 31.2 Å². The van der Waals surface area contributed by atoms with Crippen molar-refractivity contribution in [2.24, 2.45) is 4.99 Å². The molecule has 1 aliphatic heterocycles. The van der Waals surface area contributed by atoms with Crippen LogP contribution in [0.3, 0.4) is 0 Å². The van der Waals surface area contributed by atoms with Gasteiger partial charge in [0.1, 0.15) is 29.3 Å². The Morgan fingerprint density at radius 1 is 1.05 bits per heavy atom. The number of ether oxygens (including phenoxy) is 1. The minimum Gasteiger partial charge on any atom is -0.472 e. The summed E-state index contributed by atoms with van der Waals surface area (Å²) in [5, 5.41) is 0. The average molecular weight is 399 g/mol. The Labute approximate surface area is 135 Å². The average Bonchev–Trinajstić information content (AvgIpc) is 2.81. The molecule has 0 bridgehead atoms. The van der Waals surface area contributed by atoms with Gasteiger partial charge in [0.05, 0.1) is 0 Å². The summed E-state index contributed by atoms with van der Waals surface area (Å²) < 4.78 is 34.3. The highest BCUT2D eigenvalue weighted by Gasteiger charge is 2.31. The van der Waals surface area contributed by atoms with E-state index in [1.54, 1.807) is 0 Å². The van der Waals surface area contributed by atoms with Crippen LogP contribution in [0.4, 0.5) is 8.78 Å². The zero-order valence-electron chi connectivity index (χ0n) is 11.2. The lowest BCUT2D eigenvalue weighted by Gasteiger charge is -2.13. The van der Waals surface area contributed by atoms with E-state index < -0.39 is 11.6 Å². The van der Waals surface area contributed by atoms with Crippen molar-refractivity contribution in [1.29, 1.82) is 0 Å². The molecule has 21 heavy (non-hydrogen) atoms. The molecular weight excluding hydrogens is 387 g/mol. The first-order chi connectivity index (χ1) is 10.1. The van der Waals surface area contributed by atoms with E-state index in [4.69, 9.17) is 4.74 Å². The van der Waals surface area contributed by atoms with Crippen molar-refractivity contribution in [2.45, 2.75) is 19.1 Å². The quantitative estimate of drug-likeness (QED) is 0.683. The van der Waals surface area contributed by atoms with Crippen LogP contribution >= 0.6 is 22.6 Å². The standard InChI is InChI=1S/C16H12F2INO/c1-9-15(10-5-7-11(19)8-6-10)20-16(21-9)14-12(17)3-2-4-13(14)18/h2-9,15H,1H3/t9-,15+/m0/s1. The van der Waals surface area contributed by atoms with E-state index in [2.05, 4.69) is 27.6 Å². The second kappa shape index (κ2) is 5.71. The lowest BCUT2D eigenvalue weighted by Crippen LogP contribution is -2.14. The monoisotopic (exact) mass is 399 g/mol. The minimum atomic E-state index is -0.663. The van der Waals surface area contributed by atoms with Gasteiger partial charge in [-0.05, 0) is 59.3 Å². The van der Waals surface area contributed by atoms with Gasteiger partial charge in [0.15, 0.2) is 0 Å². The summed E-state index contributed by atoms with van der Waals surface area (Å²) in [5.41, 5.74) is 0.770. The van der Waals surface area contributed by atoms with Crippen molar-refractivity contribution >= 4 is 28.5 Å². The molecule has 2 atom stereocenters. The second-order valence-corrected chi connectivity index (χ2v) is 6.10. The van der Waals surface area contributed by atoms with Crippen molar-refractivity contribution in [2.75, 3.05) is 0 Å². The molecule has 2 nitrogen and oxygen atoms in total. The highest BCUT2D eigenvalue weighted by molar-refractivity contribution is 14.1. The zero-order chi connectivity index (χ0) is 15.0. The van der Waals surface area contributed by atoms with Gasteiger partial charge in [-0.2, -0.15) is 0 Å². The first kappa shape index (κ1) is 14.4. The molecule has 0 aliphatic carbocycles. The molecule has 1 heterocycles. The van der Waals surface area contributed by atoms with Crippen LogP contribution in [-0.4, -0.2) is 12.0 Å². The highest BCUT2D eigenvalue weighted by Crippen LogP contribution is 2.32. The van der Waals surface area contributed by atoms with Crippen LogP contribution in [0.1, 0.15) is 24.1 Å². The van der Waals surface area contributed by atoms with Gasteiger partial charge in [-0.1, -0.05) is 18.2 Å². The van der Waals surface area contributed by atoms with Crippen LogP contribution in [0.5, 0.6) is 0 Å². The molecule has 0 spiro atoms. The SMILES string of the molecule is C[C@@H]1OC(c2c(F)cccc2F)=N[C@H]1c1ccc(I)cc1. The minimum absolute atomic E-state index is 0.0293. The molecular formula is C16H12F2INO. The zero-order valence-corrected chi connectivity index (χ0v) is 13.3. The van der Waals surface area contributed by atoms with E-state index in [0.717, 1.165) is 9.13 Å². The second-order valence-electron chi connectivity index (χ2n) is 4.85. The van der Waals surface area contributed by atoms with Gasteiger partial charge in [-0.25, -0.2) is 13.8 Å². The molecule has 0 N–H and O–H groups in total. The Bertz CT molecular complexity index is 680. The molecule has 108 valence electrons. The maximum atomic E-state index is 13.8. The summed E-state index contributed by atoms with van der Waals surface area (Å²) in [7, 11) is 0. The highest BCUT2D eigenvalue weighted by atomic mass is 127. The number of hydrogen-bond donors (Lipinski definition) is 0. The van der Waals surface area contributed by atoms with Crippen molar-refractivity contribution in [1.82, 2.24) is 0 Å². The fraction of sp³-hybridized carbons (Fsp3) is 0.188. The van der Waals surface area contributed by atoms with Gasteiger partial charge >= 0.3 is 0 Å². The van der Waals surface area contributed by atoms with Crippen LogP contribution in [0.2, 0.25) is 0 Å². The molecule has 3 rings (SSSR count). The first-order valence-corrected chi connectivity index (χ1v) is 7.58. The third-order valence-electron chi connectivity index (χ3n) is 3.39. The van der Waals surface area contributed by atoms with Crippen LogP contribution in [0.15, 0.2) is 47.5 Å². The summed E-state index contributed by atoms with van der Waals surface area (Å²) >= 11 is 2.22. The van der Waals surface area contributed by atoms with E-state index in [0.29, 0.717) is 0 Å². The molecule has 0 fully saturated rings. The van der Waals surface area contributed by atoms with E-state index in [1.165, 1.54) is 18.2 Å². The molecule has 0 saturated carbocycles. The van der Waals surface area contributed by atoms with Crippen LogP contribution in [0.25, 0.3) is 0 Å². The molecule has 0 saturated heterocycles. The van der Waals surface area contributed by atoms with Gasteiger partial charge in [0, 0.05) is 3.57 Å². The van der Waals surface area contributed by atoms with Crippen LogP contribution < -0.4 is 0 Å². The maximum Gasteiger partial charge on any atom is 0.223 e. The molecule has 0 amide bonds. The Hall–Kier alpha value is -1.50. The van der Waals surface area contributed by atoms with Gasteiger partial charge in [0.2, 0.25) is 5.90 Å². The lowest BCUT2D eigenvalue weighted by molar-refractivity contribution is 0.213. The summed E-state index contributed by atoms with van der Waals surface area (Å²) in [6, 6.07) is 11.3. The summed E-state index contributed by atoms with van der Waals surface area (Å²) in [6.07, 6.45) is -0.265. The Morgan fingerprint density at radius 2 is 1.67 bits per heavy atom. The normalized spacial score (nSPS) is 21.0. The summed E-state index contributed by atoms with van der Waals surface area (Å²) in [4.78, 5) is 4.37. The molecule has 1 aliphatic rings. The van der Waals surface area contributed by atoms with E-state index >= 15 is 0 Å². The number of rotatable bonds is 2. The molecule has 0 aromatic heterocycles. The Morgan fingerprint density at radius 3 is 2.29 bits per heavy atom. The van der Waals surface area contributed by atoms with Crippen LogP contribution in [0, 0.1) is 15.2 Å². The number of nitrogens with zero attached hydrogens (tertiary/aromatic N) is 1. The van der Waals surface area contributed by atoms with Gasteiger partial charge in [-0.3, -0.25) is 0 Å². The smallest absolute Gasteiger partial charge is 0.223 e. The van der Waals surface area contributed by atoms with Crippen molar-refractivity contribution in [3.05, 3.63) is 68.8 Å². The molecule has 2 aromatic carbocycles. The molecule has 2 aromatic rings. The van der Waals surface area contributed by atoms with Crippen LogP contribution in [-0.2, 0) is 4.74 Å². The summed E-state index contributed by atoms with van der Waals surface area (Å²) in [6.45, 7) is 1.85. The fourth-order valence-corrected chi connectivity index (χ4v) is 2.69. The molecule has 0 radical (unpaired) electrons. The first-order valence-electron chi connectivity index (χ1n) is 6.50. The number of halogens is 3. The lowest BCUT2D eigenvalue weighted by atomic mass is 10.0. The third kappa shape index (κ3) is 2.79. The molecule has 0 unspecified atom stereocenters. The Kier molecular flexibility index (Phi) is 3.93. The van der Waals surface area contributed by atoms with Gasteiger partial charge in [0.25, 0.3) is 0 Å². The van der Waals surface area contributed by atoms with E-state index in [-0.39, 0.29) is 23.6 Å². The Balaban J connectivity index is 1.99. The maximum absolute atomic E-state index is 13.8. The van der Waals surface area contributed by atoms with Gasteiger partial charge < -0.3 is 4.74 Å². The largest absolute Gasteiger partial charge is 0.472 e. The van der Waals surface area contributed by atoms with Crippen molar-refractivity contribution in [3.63, 3.8) is 0 Å². The summed E-state index contributed by atoms with van der Waals surface area (Å²) in [5.74, 6) is -1.30. The predicted octanol–water partition coefficient (Wildman–Crippen LogP) is 4.48. The van der Waals surface area contributed by atoms with Gasteiger partial charge in [-0.15, -0.1) is 0 Å². The number of hydrogen-bond acceptors (Lipinski definition) is 2. The fourth-order valence-electron chi connectivity index (χ4n) is 2.33. The number of aliphatic imine (C=N–C) groups is 1. The topological polar surface area (TPSA) is 21.6 Å². The third-order valence-corrected chi connectivity index (χ3v) is 4.11. The number of benzene rings is 2.